The minimum absolute atomic E-state index is 0.0574. The molecule has 1 N–H and O–H groups in total. The number of unbranched alkanes of at least 4 members (excludes halogenated alkanes) is 5. The molecule has 1 saturated heterocycles. The number of pyridine rings is 2. The van der Waals surface area contributed by atoms with Gasteiger partial charge in [0.15, 0.2) is 0 Å². The fourth-order valence-corrected chi connectivity index (χ4v) is 7.14. The van der Waals surface area contributed by atoms with Gasteiger partial charge in [0.1, 0.15) is 24.1 Å². The average molecular weight is 798 g/mol. The van der Waals surface area contributed by atoms with E-state index in [1.54, 1.807) is 37.4 Å². The fraction of sp³-hybridized carbons (Fsp3) is 0.409. The lowest BCUT2D eigenvalue weighted by molar-refractivity contribution is -0.139. The average Bonchev–Trinajstić information content (AvgIpc) is 3.51. The van der Waals surface area contributed by atoms with Crippen LogP contribution in [0, 0.1) is 6.92 Å². The van der Waals surface area contributed by atoms with Gasteiger partial charge in [-0.15, -0.1) is 0 Å². The summed E-state index contributed by atoms with van der Waals surface area (Å²) >= 11 is 0. The molecule has 0 spiro atoms. The van der Waals surface area contributed by atoms with Gasteiger partial charge in [-0.3, -0.25) is 39.4 Å². The van der Waals surface area contributed by atoms with Crippen molar-refractivity contribution < 1.29 is 42.2 Å². The van der Waals surface area contributed by atoms with Crippen molar-refractivity contribution >= 4 is 45.9 Å². The van der Waals surface area contributed by atoms with E-state index in [1.165, 1.54) is 12.3 Å². The van der Waals surface area contributed by atoms with Crippen LogP contribution in [0.4, 0.5) is 8.78 Å². The van der Waals surface area contributed by atoms with E-state index in [-0.39, 0.29) is 30.7 Å². The highest BCUT2D eigenvalue weighted by Gasteiger charge is 2.35. The van der Waals surface area contributed by atoms with Crippen LogP contribution in [0.3, 0.4) is 0 Å². The molecule has 0 radical (unpaired) electrons. The van der Waals surface area contributed by atoms with Crippen LogP contribution in [0.5, 0.6) is 5.75 Å². The number of nitrogens with one attached hydrogen (secondary N) is 1. The topological polar surface area (TPSA) is 142 Å². The Morgan fingerprint density at radius 3 is 2.31 bits per heavy atom. The molecule has 58 heavy (non-hydrogen) atoms. The molecule has 1 aliphatic heterocycles. The SMILES string of the molecule is Cc1cc(OCCCCCCOCCCCCOCC(F)(F)c2ccc(-c3ccc4c5cnccc5n(C)c4c3)cn2)ccc1C(=O)N(C=O)C1CCC(=O)NC1=O. The second-order valence-electron chi connectivity index (χ2n) is 14.6. The van der Waals surface area contributed by atoms with Gasteiger partial charge in [0.25, 0.3) is 5.91 Å². The Hall–Kier alpha value is -5.60. The molecule has 3 aromatic heterocycles. The van der Waals surface area contributed by atoms with Gasteiger partial charge in [0, 0.05) is 79.3 Å². The monoisotopic (exact) mass is 797 g/mol. The van der Waals surface area contributed by atoms with Crippen LogP contribution >= 0.6 is 0 Å². The molecule has 12 nitrogen and oxygen atoms in total. The zero-order chi connectivity index (χ0) is 41.1. The molecule has 0 saturated carbocycles. The number of aromatic nitrogens is 3. The summed E-state index contributed by atoms with van der Waals surface area (Å²) in [4.78, 5) is 57.5. The van der Waals surface area contributed by atoms with Crippen molar-refractivity contribution in [2.24, 2.45) is 7.05 Å². The Morgan fingerprint density at radius 2 is 1.60 bits per heavy atom. The minimum atomic E-state index is -3.20. The third-order valence-corrected chi connectivity index (χ3v) is 10.4. The summed E-state index contributed by atoms with van der Waals surface area (Å²) in [5.41, 5.74) is 4.32. The van der Waals surface area contributed by atoms with E-state index >= 15 is 0 Å². The maximum absolute atomic E-state index is 14.9. The van der Waals surface area contributed by atoms with Gasteiger partial charge in [-0.1, -0.05) is 24.6 Å². The molecule has 1 unspecified atom stereocenters. The molecular weight excluding hydrogens is 749 g/mol. The Kier molecular flexibility index (Phi) is 14.3. The van der Waals surface area contributed by atoms with Gasteiger partial charge in [0.05, 0.1) is 12.1 Å². The minimum Gasteiger partial charge on any atom is -0.494 e. The van der Waals surface area contributed by atoms with Crippen LogP contribution in [-0.2, 0) is 36.8 Å². The highest BCUT2D eigenvalue weighted by atomic mass is 19.3. The van der Waals surface area contributed by atoms with Gasteiger partial charge in [0.2, 0.25) is 18.2 Å². The number of aryl methyl sites for hydroxylation is 2. The summed E-state index contributed by atoms with van der Waals surface area (Å²) in [6.45, 7) is 3.01. The molecule has 1 aliphatic rings. The van der Waals surface area contributed by atoms with Crippen LogP contribution in [0.15, 0.2) is 73.2 Å². The largest absolute Gasteiger partial charge is 0.494 e. The Balaban J connectivity index is 0.789. The van der Waals surface area contributed by atoms with E-state index in [2.05, 4.69) is 19.9 Å². The summed E-state index contributed by atoms with van der Waals surface area (Å²) < 4.78 is 48.8. The molecule has 4 heterocycles. The van der Waals surface area contributed by atoms with E-state index in [9.17, 15) is 28.0 Å². The normalized spacial score (nSPS) is 14.5. The molecular formula is C44H49F2N5O7. The molecule has 4 amide bonds. The first-order valence-electron chi connectivity index (χ1n) is 19.7. The Morgan fingerprint density at radius 1 is 0.879 bits per heavy atom. The fourth-order valence-electron chi connectivity index (χ4n) is 7.14. The number of hydrogen-bond donors (Lipinski definition) is 1. The van der Waals surface area contributed by atoms with Crippen molar-refractivity contribution in [2.75, 3.05) is 33.0 Å². The number of carbonyl (C=O) groups is 4. The molecule has 14 heteroatoms. The number of alkyl halides is 2. The van der Waals surface area contributed by atoms with Gasteiger partial charge in [-0.05, 0) is 99.4 Å². The number of rotatable bonds is 21. The molecule has 5 aromatic rings. The van der Waals surface area contributed by atoms with Crippen LogP contribution in [0.1, 0.15) is 79.4 Å². The predicted octanol–water partition coefficient (Wildman–Crippen LogP) is 7.44. The number of piperidine rings is 1. The van der Waals surface area contributed by atoms with E-state index in [4.69, 9.17) is 14.2 Å². The van der Waals surface area contributed by atoms with Crippen LogP contribution in [0.2, 0.25) is 0 Å². The molecule has 0 bridgehead atoms. The molecule has 1 atom stereocenters. The van der Waals surface area contributed by atoms with E-state index in [0.717, 1.165) is 76.4 Å². The van der Waals surface area contributed by atoms with Gasteiger partial charge < -0.3 is 18.8 Å². The number of imide groups is 2. The first kappa shape index (κ1) is 42.0. The third kappa shape index (κ3) is 10.3. The van der Waals surface area contributed by atoms with Gasteiger partial charge in [-0.25, -0.2) is 0 Å². The van der Waals surface area contributed by atoms with E-state index < -0.39 is 36.3 Å². The first-order valence-corrected chi connectivity index (χ1v) is 19.7. The summed E-state index contributed by atoms with van der Waals surface area (Å²) in [6.07, 6.45) is 11.6. The summed E-state index contributed by atoms with van der Waals surface area (Å²) in [7, 11) is 2.00. The lowest BCUT2D eigenvalue weighted by atomic mass is 10.0. The number of halogens is 2. The molecule has 306 valence electrons. The van der Waals surface area contributed by atoms with Crippen LogP contribution < -0.4 is 10.1 Å². The number of hydrogen-bond acceptors (Lipinski definition) is 9. The molecule has 2 aromatic carbocycles. The second-order valence-corrected chi connectivity index (χ2v) is 14.6. The van der Waals surface area contributed by atoms with Crippen molar-refractivity contribution in [3.63, 3.8) is 0 Å². The van der Waals surface area contributed by atoms with Gasteiger partial charge in [-0.2, -0.15) is 8.78 Å². The standard InChI is InChI=1S/C44H49F2N5O7/c1-30-24-33(12-14-34(30)43(55)51(29-52)38-15-17-41(53)49-42(38)54)58-23-9-4-3-6-20-56-21-7-5-8-22-57-28-44(45,46)40-16-11-32(26-48-40)31-10-13-35-36-27-47-19-18-37(36)50(2)39(35)25-31/h10-14,16,18-19,24-27,29,38H,3-9,15,17,20-23,28H2,1-2H3,(H,49,53,54). The van der Waals surface area contributed by atoms with Crippen molar-refractivity contribution in [2.45, 2.75) is 76.7 Å². The van der Waals surface area contributed by atoms with Crippen molar-refractivity contribution in [1.29, 1.82) is 0 Å². The van der Waals surface area contributed by atoms with Crippen molar-refractivity contribution in [1.82, 2.24) is 24.8 Å². The van der Waals surface area contributed by atoms with E-state index in [0.29, 0.717) is 44.0 Å². The lowest BCUT2D eigenvalue weighted by Crippen LogP contribution is -2.53. The number of benzene rings is 2. The Labute approximate surface area is 335 Å². The zero-order valence-electron chi connectivity index (χ0n) is 32.9. The summed E-state index contributed by atoms with van der Waals surface area (Å²) in [6, 6.07) is 15.0. The summed E-state index contributed by atoms with van der Waals surface area (Å²) in [5.74, 6) is -4.29. The van der Waals surface area contributed by atoms with E-state index in [1.807, 2.05) is 37.5 Å². The molecule has 1 fully saturated rings. The maximum Gasteiger partial charge on any atom is 0.312 e. The van der Waals surface area contributed by atoms with Crippen molar-refractivity contribution in [3.05, 3.63) is 90.0 Å². The van der Waals surface area contributed by atoms with Crippen LogP contribution in [0.25, 0.3) is 32.9 Å². The predicted molar refractivity (Wildman–Crippen MR) is 214 cm³/mol. The van der Waals surface area contributed by atoms with Gasteiger partial charge >= 0.3 is 5.92 Å². The first-order chi connectivity index (χ1) is 28.1. The molecule has 6 rings (SSSR count). The highest BCUT2D eigenvalue weighted by molar-refractivity contribution is 6.09. The van der Waals surface area contributed by atoms with Crippen molar-refractivity contribution in [3.8, 4) is 16.9 Å². The molecule has 0 aliphatic carbocycles. The number of amides is 4. The number of carbonyl (C=O) groups excluding carboxylic acids is 4. The third-order valence-electron chi connectivity index (χ3n) is 10.4. The Bertz CT molecular complexity index is 2230. The smallest absolute Gasteiger partial charge is 0.312 e. The van der Waals surface area contributed by atoms with Crippen LogP contribution in [-0.4, -0.2) is 82.6 Å². The highest BCUT2D eigenvalue weighted by Crippen LogP contribution is 2.33. The zero-order valence-corrected chi connectivity index (χ0v) is 32.9. The number of ether oxygens (including phenoxy) is 3. The lowest BCUT2D eigenvalue weighted by Gasteiger charge is -2.28. The maximum atomic E-state index is 14.9. The second kappa shape index (κ2) is 19.7. The number of nitrogens with zero attached hydrogens (tertiary/aromatic N) is 4. The summed E-state index contributed by atoms with van der Waals surface area (Å²) in [5, 5.41) is 4.32. The quantitative estimate of drug-likeness (QED) is 0.0456. The number of fused-ring (bicyclic) bond motifs is 3.